The van der Waals surface area contributed by atoms with Crippen LogP contribution in [0, 0.1) is 0 Å². The van der Waals surface area contributed by atoms with Gasteiger partial charge in [0.25, 0.3) is 0 Å². The van der Waals surface area contributed by atoms with Crippen LogP contribution >= 0.6 is 40.1 Å². The van der Waals surface area contributed by atoms with Gasteiger partial charge in [0, 0.05) is 17.6 Å². The van der Waals surface area contributed by atoms with Gasteiger partial charge < -0.3 is 9.26 Å². The molecular formula is C11H18ClN2O3PS2. The lowest BCUT2D eigenvalue weighted by Gasteiger charge is -2.15. The number of nitrogens with zero attached hydrogens (tertiary/aromatic N) is 2. The second-order valence-corrected chi connectivity index (χ2v) is 11.5. The summed E-state index contributed by atoms with van der Waals surface area (Å²) in [5, 5.41) is 0.118. The Hall–Kier alpha value is 0.0600. The van der Waals surface area contributed by atoms with E-state index in [1.54, 1.807) is 6.07 Å². The van der Waals surface area contributed by atoms with Crippen LogP contribution in [-0.2, 0) is 14.8 Å². The summed E-state index contributed by atoms with van der Waals surface area (Å²) < 4.78 is 23.0. The van der Waals surface area contributed by atoms with E-state index in [4.69, 9.17) is 20.9 Å². The number of methoxy groups -OCH3 is 1. The van der Waals surface area contributed by atoms with Gasteiger partial charge in [-0.15, -0.1) is 0 Å². The zero-order valence-electron chi connectivity index (χ0n) is 11.7. The first-order valence-electron chi connectivity index (χ1n) is 6.14. The van der Waals surface area contributed by atoms with Crippen LogP contribution < -0.4 is 4.74 Å². The summed E-state index contributed by atoms with van der Waals surface area (Å²) in [5.74, 6) is -1.11. The number of hydrogen-bond acceptors (Lipinski definition) is 7. The van der Waals surface area contributed by atoms with E-state index >= 15 is 0 Å². The second kappa shape index (κ2) is 9.15. The van der Waals surface area contributed by atoms with Crippen molar-refractivity contribution >= 4 is 40.1 Å². The standard InChI is InChI=1S/C11H18ClN2O3PS2/c1-4-6-19-18(15,17-5-2)20-8-9-7-10(16-3)14-11(12)13-9/h7H,4-6,8H2,1-3H3. The van der Waals surface area contributed by atoms with Crippen molar-refractivity contribution < 1.29 is 13.8 Å². The molecule has 1 rings (SSSR count). The molecule has 114 valence electrons. The minimum Gasteiger partial charge on any atom is -0.481 e. The molecule has 1 aromatic rings. The molecule has 20 heavy (non-hydrogen) atoms. The highest BCUT2D eigenvalue weighted by atomic mass is 35.5. The van der Waals surface area contributed by atoms with Crippen LogP contribution in [0.1, 0.15) is 26.0 Å². The van der Waals surface area contributed by atoms with E-state index in [2.05, 4.69) is 9.97 Å². The normalized spacial score (nSPS) is 14.0. The first kappa shape index (κ1) is 18.1. The highest BCUT2D eigenvalue weighted by Gasteiger charge is 2.24. The van der Waals surface area contributed by atoms with Crippen molar-refractivity contribution in [3.05, 3.63) is 17.0 Å². The van der Waals surface area contributed by atoms with E-state index in [0.717, 1.165) is 12.2 Å². The van der Waals surface area contributed by atoms with Gasteiger partial charge in [-0.25, -0.2) is 4.98 Å². The smallest absolute Gasteiger partial charge is 0.313 e. The molecule has 0 fully saturated rings. The molecular weight excluding hydrogens is 339 g/mol. The fraction of sp³-hybridized carbons (Fsp3) is 0.636. The van der Waals surface area contributed by atoms with Gasteiger partial charge in [-0.05, 0) is 24.9 Å². The van der Waals surface area contributed by atoms with Gasteiger partial charge >= 0.3 is 5.77 Å². The first-order valence-corrected chi connectivity index (χ1v) is 11.3. The van der Waals surface area contributed by atoms with Gasteiger partial charge in [-0.1, -0.05) is 29.7 Å². The number of aromatic nitrogens is 2. The summed E-state index contributed by atoms with van der Waals surface area (Å²) in [4.78, 5) is 7.99. The molecule has 0 spiro atoms. The van der Waals surface area contributed by atoms with E-state index in [0.29, 0.717) is 23.9 Å². The number of hydrogen-bond donors (Lipinski definition) is 0. The molecule has 0 amide bonds. The quantitative estimate of drug-likeness (QED) is 0.471. The van der Waals surface area contributed by atoms with Gasteiger partial charge in [0.15, 0.2) is 0 Å². The lowest BCUT2D eigenvalue weighted by atomic mass is 10.4. The van der Waals surface area contributed by atoms with Crippen molar-refractivity contribution in [2.45, 2.75) is 26.0 Å². The highest BCUT2D eigenvalue weighted by molar-refractivity contribution is 8.89. The maximum atomic E-state index is 12.6. The summed E-state index contributed by atoms with van der Waals surface area (Å²) in [6, 6.07) is 1.68. The average Bonchev–Trinajstić information content (AvgIpc) is 2.43. The van der Waals surface area contributed by atoms with Crippen LogP contribution in [0.25, 0.3) is 0 Å². The van der Waals surface area contributed by atoms with Crippen LogP contribution in [0.3, 0.4) is 0 Å². The van der Waals surface area contributed by atoms with E-state index in [1.807, 2.05) is 13.8 Å². The zero-order valence-corrected chi connectivity index (χ0v) is 14.9. The molecule has 0 N–H and O–H groups in total. The molecule has 0 saturated carbocycles. The lowest BCUT2D eigenvalue weighted by molar-refractivity contribution is 0.357. The van der Waals surface area contributed by atoms with E-state index in [1.165, 1.54) is 29.9 Å². The Labute approximate surface area is 132 Å². The molecule has 0 aliphatic carbocycles. The molecule has 9 heteroatoms. The molecule has 0 bridgehead atoms. The topological polar surface area (TPSA) is 61.3 Å². The van der Waals surface area contributed by atoms with Crippen LogP contribution in [0.4, 0.5) is 0 Å². The Balaban J connectivity index is 2.71. The Morgan fingerprint density at radius 1 is 1.35 bits per heavy atom. The van der Waals surface area contributed by atoms with Gasteiger partial charge in [0.05, 0.1) is 19.4 Å². The van der Waals surface area contributed by atoms with Crippen molar-refractivity contribution in [2.24, 2.45) is 0 Å². The van der Waals surface area contributed by atoms with Gasteiger partial charge in [-0.3, -0.25) is 4.57 Å². The molecule has 1 unspecified atom stereocenters. The van der Waals surface area contributed by atoms with E-state index < -0.39 is 5.77 Å². The Bertz CT molecular complexity index is 479. The van der Waals surface area contributed by atoms with Gasteiger partial charge in [0.2, 0.25) is 11.2 Å². The van der Waals surface area contributed by atoms with Gasteiger partial charge in [-0.2, -0.15) is 4.98 Å². The maximum Gasteiger partial charge on any atom is 0.313 e. The molecule has 0 aliphatic rings. The monoisotopic (exact) mass is 356 g/mol. The predicted octanol–water partition coefficient (Wildman–Crippen LogP) is 4.66. The molecule has 5 nitrogen and oxygen atoms in total. The van der Waals surface area contributed by atoms with Crippen LogP contribution in [-0.4, -0.2) is 29.4 Å². The van der Waals surface area contributed by atoms with Crippen molar-refractivity contribution in [3.63, 3.8) is 0 Å². The third kappa shape index (κ3) is 6.22. The number of halogens is 1. The molecule has 0 saturated heterocycles. The summed E-state index contributed by atoms with van der Waals surface area (Å²) in [6.07, 6.45) is 0.954. The molecule has 0 aliphatic heterocycles. The predicted molar refractivity (Wildman–Crippen MR) is 86.9 cm³/mol. The molecule has 1 atom stereocenters. The molecule has 0 aromatic carbocycles. The third-order valence-electron chi connectivity index (χ3n) is 2.05. The summed E-state index contributed by atoms with van der Waals surface area (Å²) >= 11 is 8.44. The summed E-state index contributed by atoms with van der Waals surface area (Å²) in [5.41, 5.74) is 0.670. The van der Waals surface area contributed by atoms with Crippen molar-refractivity contribution in [3.8, 4) is 5.88 Å². The van der Waals surface area contributed by atoms with Crippen molar-refractivity contribution in [1.82, 2.24) is 9.97 Å². The van der Waals surface area contributed by atoms with Crippen molar-refractivity contribution in [1.29, 1.82) is 0 Å². The fourth-order valence-electron chi connectivity index (χ4n) is 1.24. The SMILES string of the molecule is CCCSP(=O)(OCC)SCc1cc(OC)nc(Cl)n1. The van der Waals surface area contributed by atoms with Crippen molar-refractivity contribution in [2.75, 3.05) is 19.5 Å². The number of ether oxygens (including phenoxy) is 1. The van der Waals surface area contributed by atoms with Crippen LogP contribution in [0.5, 0.6) is 5.88 Å². The van der Waals surface area contributed by atoms with Crippen LogP contribution in [0.2, 0.25) is 5.28 Å². The Morgan fingerprint density at radius 2 is 2.10 bits per heavy atom. The highest BCUT2D eigenvalue weighted by Crippen LogP contribution is 2.70. The zero-order chi connectivity index (χ0) is 15.0. The second-order valence-electron chi connectivity index (χ2n) is 3.64. The largest absolute Gasteiger partial charge is 0.481 e. The molecule has 1 heterocycles. The minimum absolute atomic E-state index is 0.118. The first-order chi connectivity index (χ1) is 9.53. The van der Waals surface area contributed by atoms with Crippen LogP contribution in [0.15, 0.2) is 6.07 Å². The number of rotatable bonds is 9. The van der Waals surface area contributed by atoms with Gasteiger partial charge in [0.1, 0.15) is 0 Å². The third-order valence-corrected chi connectivity index (χ3v) is 9.80. The molecule has 1 aromatic heterocycles. The Kier molecular flexibility index (Phi) is 8.29. The lowest BCUT2D eigenvalue weighted by Crippen LogP contribution is -1.95. The summed E-state index contributed by atoms with van der Waals surface area (Å²) in [7, 11) is 1.51. The summed E-state index contributed by atoms with van der Waals surface area (Å²) in [6.45, 7) is 4.31. The van der Waals surface area contributed by atoms with E-state index in [-0.39, 0.29) is 5.28 Å². The fourth-order valence-corrected chi connectivity index (χ4v) is 8.02. The average molecular weight is 357 g/mol. The maximum absolute atomic E-state index is 12.6. The Morgan fingerprint density at radius 3 is 2.70 bits per heavy atom. The van der Waals surface area contributed by atoms with E-state index in [9.17, 15) is 4.57 Å². The molecule has 0 radical (unpaired) electrons. The minimum atomic E-state index is -2.75.